The highest BCUT2D eigenvalue weighted by molar-refractivity contribution is 5.94. The number of benzene rings is 3. The van der Waals surface area contributed by atoms with Crippen molar-refractivity contribution in [3.8, 4) is 11.1 Å². The Morgan fingerprint density at radius 3 is 1.98 bits per heavy atom. The van der Waals surface area contributed by atoms with Crippen molar-refractivity contribution in [1.29, 1.82) is 0 Å². The summed E-state index contributed by atoms with van der Waals surface area (Å²) in [5, 5.41) is 0. The van der Waals surface area contributed by atoms with Gasteiger partial charge in [0.15, 0.2) is 0 Å². The van der Waals surface area contributed by atoms with Crippen molar-refractivity contribution in [1.82, 2.24) is 4.90 Å². The van der Waals surface area contributed by atoms with Crippen LogP contribution in [0.2, 0.25) is 0 Å². The Morgan fingerprint density at radius 2 is 1.39 bits per heavy atom. The maximum atomic E-state index is 13.7. The van der Waals surface area contributed by atoms with E-state index in [9.17, 15) is 14.4 Å². The van der Waals surface area contributed by atoms with Crippen molar-refractivity contribution in [3.63, 3.8) is 0 Å². The third-order valence-corrected chi connectivity index (χ3v) is 6.86. The largest absolute Gasteiger partial charge is 0.459 e. The molecule has 3 aromatic carbocycles. The number of nitrogens with zero attached hydrogens (tertiary/aromatic N) is 1. The number of rotatable bonds is 10. The molecule has 0 aromatic heterocycles. The lowest BCUT2D eigenvalue weighted by atomic mass is 9.98. The van der Waals surface area contributed by atoms with Crippen molar-refractivity contribution < 1.29 is 28.6 Å². The number of hydrogen-bond donors (Lipinski definition) is 1. The SMILES string of the molecule is CC(C)(C)OC(=O)N(C(=O)OCC1c2ccccc2-c2ccccc21)[C@@H](CCCCN)C(=O)OCc1ccccc1. The van der Waals surface area contributed by atoms with Gasteiger partial charge in [-0.25, -0.2) is 14.4 Å². The van der Waals surface area contributed by atoms with Gasteiger partial charge in [-0.3, -0.25) is 0 Å². The molecule has 0 unspecified atom stereocenters. The quantitative estimate of drug-likeness (QED) is 0.174. The molecule has 4 rings (SSSR count). The van der Waals surface area contributed by atoms with Gasteiger partial charge in [-0.1, -0.05) is 78.9 Å². The van der Waals surface area contributed by atoms with Crippen LogP contribution in [0.15, 0.2) is 78.9 Å². The van der Waals surface area contributed by atoms with Gasteiger partial charge in [-0.15, -0.1) is 0 Å². The molecular formula is C33H38N2O6. The third-order valence-electron chi connectivity index (χ3n) is 6.86. The van der Waals surface area contributed by atoms with Gasteiger partial charge in [0.05, 0.1) is 0 Å². The average molecular weight is 559 g/mol. The van der Waals surface area contributed by atoms with Crippen LogP contribution in [0.5, 0.6) is 0 Å². The van der Waals surface area contributed by atoms with Crippen molar-refractivity contribution >= 4 is 18.2 Å². The van der Waals surface area contributed by atoms with Crippen molar-refractivity contribution in [2.24, 2.45) is 5.73 Å². The molecule has 2 N–H and O–H groups in total. The molecule has 0 aliphatic heterocycles. The molecule has 1 atom stereocenters. The molecule has 2 amide bonds. The molecule has 3 aromatic rings. The second kappa shape index (κ2) is 13.5. The number of fused-ring (bicyclic) bond motifs is 3. The summed E-state index contributed by atoms with van der Waals surface area (Å²) in [5.74, 6) is -0.933. The summed E-state index contributed by atoms with van der Waals surface area (Å²) < 4.78 is 16.9. The van der Waals surface area contributed by atoms with E-state index in [1.165, 1.54) is 0 Å². The lowest BCUT2D eigenvalue weighted by Crippen LogP contribution is -2.51. The van der Waals surface area contributed by atoms with E-state index < -0.39 is 29.8 Å². The van der Waals surface area contributed by atoms with Crippen molar-refractivity contribution in [2.75, 3.05) is 13.2 Å². The zero-order chi connectivity index (χ0) is 29.4. The fourth-order valence-electron chi connectivity index (χ4n) is 4.96. The molecule has 0 heterocycles. The molecule has 0 bridgehead atoms. The van der Waals surface area contributed by atoms with E-state index in [0.717, 1.165) is 32.7 Å². The van der Waals surface area contributed by atoms with Gasteiger partial charge in [0.1, 0.15) is 24.9 Å². The normalized spacial score (nSPS) is 13.1. The Hall–Kier alpha value is -4.17. The van der Waals surface area contributed by atoms with E-state index in [1.807, 2.05) is 78.9 Å². The summed E-state index contributed by atoms with van der Waals surface area (Å²) in [7, 11) is 0. The first-order valence-electron chi connectivity index (χ1n) is 14.0. The Balaban J connectivity index is 1.58. The van der Waals surface area contributed by atoms with Crippen LogP contribution in [0.4, 0.5) is 9.59 Å². The summed E-state index contributed by atoms with van der Waals surface area (Å²) in [4.78, 5) is 41.3. The van der Waals surface area contributed by atoms with Gasteiger partial charge in [0.2, 0.25) is 0 Å². The van der Waals surface area contributed by atoms with E-state index in [0.29, 0.717) is 19.4 Å². The van der Waals surface area contributed by atoms with Crippen molar-refractivity contribution in [2.45, 2.75) is 64.2 Å². The number of amides is 2. The Morgan fingerprint density at radius 1 is 0.805 bits per heavy atom. The minimum absolute atomic E-state index is 0.0000889. The van der Waals surface area contributed by atoms with E-state index in [-0.39, 0.29) is 25.6 Å². The maximum Gasteiger partial charge on any atom is 0.420 e. The predicted molar refractivity (Wildman–Crippen MR) is 156 cm³/mol. The van der Waals surface area contributed by atoms with Crippen LogP contribution in [-0.2, 0) is 25.6 Å². The zero-order valence-corrected chi connectivity index (χ0v) is 23.9. The highest BCUT2D eigenvalue weighted by Crippen LogP contribution is 2.44. The number of hydrogen-bond acceptors (Lipinski definition) is 7. The summed E-state index contributed by atoms with van der Waals surface area (Å²) in [6.45, 7) is 5.47. The molecule has 8 nitrogen and oxygen atoms in total. The number of unbranched alkanes of at least 4 members (excludes halogenated alkanes) is 1. The molecular weight excluding hydrogens is 520 g/mol. The molecule has 0 saturated carbocycles. The van der Waals surface area contributed by atoms with Gasteiger partial charge in [0.25, 0.3) is 0 Å². The lowest BCUT2D eigenvalue weighted by Gasteiger charge is -2.30. The lowest BCUT2D eigenvalue weighted by molar-refractivity contribution is -0.151. The van der Waals surface area contributed by atoms with Crippen LogP contribution < -0.4 is 5.73 Å². The average Bonchev–Trinajstić information content (AvgIpc) is 3.27. The molecule has 1 aliphatic rings. The van der Waals surface area contributed by atoms with Gasteiger partial charge in [-0.2, -0.15) is 4.90 Å². The first-order chi connectivity index (χ1) is 19.7. The molecule has 0 fully saturated rings. The Kier molecular flexibility index (Phi) is 9.78. The standard InChI is InChI=1S/C33H38N2O6/c1-33(2,3)41-32(38)35(29(19-11-12-20-34)30(36)39-21-23-13-5-4-6-14-23)31(37)40-22-28-26-17-9-7-15-24(26)25-16-8-10-18-27(25)28/h4-10,13-18,28-29H,11-12,19-22,34H2,1-3H3/t29-/m0/s1. The van der Waals surface area contributed by atoms with Crippen LogP contribution in [0.1, 0.15) is 62.6 Å². The highest BCUT2D eigenvalue weighted by Gasteiger charge is 2.40. The fraction of sp³-hybridized carbons (Fsp3) is 0.364. The number of carbonyl (C=O) groups is 3. The highest BCUT2D eigenvalue weighted by atomic mass is 16.6. The van der Waals surface area contributed by atoms with Crippen LogP contribution in [-0.4, -0.2) is 47.9 Å². The smallest absolute Gasteiger partial charge is 0.420 e. The Labute approximate surface area is 241 Å². The number of esters is 1. The van der Waals surface area contributed by atoms with Crippen LogP contribution in [0, 0.1) is 0 Å². The molecule has 8 heteroatoms. The van der Waals surface area contributed by atoms with Gasteiger partial charge < -0.3 is 19.9 Å². The number of carbonyl (C=O) groups excluding carboxylic acids is 3. The predicted octanol–water partition coefficient (Wildman–Crippen LogP) is 6.41. The molecule has 41 heavy (non-hydrogen) atoms. The van der Waals surface area contributed by atoms with Crippen molar-refractivity contribution in [3.05, 3.63) is 95.6 Å². The minimum atomic E-state index is -1.24. The first-order valence-corrected chi connectivity index (χ1v) is 14.0. The summed E-state index contributed by atoms with van der Waals surface area (Å²) in [6, 6.07) is 23.9. The molecule has 0 radical (unpaired) electrons. The number of imide groups is 1. The summed E-state index contributed by atoms with van der Waals surface area (Å²) in [5.41, 5.74) is 9.79. The van der Waals surface area contributed by atoms with Gasteiger partial charge in [0, 0.05) is 5.92 Å². The topological polar surface area (TPSA) is 108 Å². The monoisotopic (exact) mass is 558 g/mol. The third kappa shape index (κ3) is 7.52. The summed E-state index contributed by atoms with van der Waals surface area (Å²) in [6.07, 6.45) is -0.666. The first kappa shape index (κ1) is 29.8. The Bertz CT molecular complexity index is 1310. The van der Waals surface area contributed by atoms with E-state index >= 15 is 0 Å². The van der Waals surface area contributed by atoms with Crippen LogP contribution in [0.25, 0.3) is 11.1 Å². The maximum absolute atomic E-state index is 13.7. The van der Waals surface area contributed by atoms with Crippen LogP contribution in [0.3, 0.4) is 0 Å². The molecule has 0 spiro atoms. The summed E-state index contributed by atoms with van der Waals surface area (Å²) >= 11 is 0. The minimum Gasteiger partial charge on any atom is -0.459 e. The van der Waals surface area contributed by atoms with E-state index in [1.54, 1.807) is 20.8 Å². The molecule has 1 aliphatic carbocycles. The molecule has 216 valence electrons. The fourth-order valence-corrected chi connectivity index (χ4v) is 4.96. The van der Waals surface area contributed by atoms with Gasteiger partial charge in [-0.05, 0) is 74.4 Å². The second-order valence-electron chi connectivity index (χ2n) is 11.0. The van der Waals surface area contributed by atoms with E-state index in [2.05, 4.69) is 0 Å². The zero-order valence-electron chi connectivity index (χ0n) is 23.9. The number of ether oxygens (including phenoxy) is 3. The second-order valence-corrected chi connectivity index (χ2v) is 11.0. The molecule has 0 saturated heterocycles. The van der Waals surface area contributed by atoms with Crippen LogP contribution >= 0.6 is 0 Å². The van der Waals surface area contributed by atoms with E-state index in [4.69, 9.17) is 19.9 Å². The number of nitrogens with two attached hydrogens (primary N) is 1. The van der Waals surface area contributed by atoms with Gasteiger partial charge >= 0.3 is 18.2 Å².